The third-order valence-corrected chi connectivity index (χ3v) is 4.33. The van der Waals surface area contributed by atoms with Gasteiger partial charge in [-0.05, 0) is 38.5 Å². The van der Waals surface area contributed by atoms with Crippen LogP contribution >= 0.6 is 0 Å². The summed E-state index contributed by atoms with van der Waals surface area (Å²) >= 11 is 0. The molecule has 0 radical (unpaired) electrons. The predicted octanol–water partition coefficient (Wildman–Crippen LogP) is 2.88. The quantitative estimate of drug-likeness (QED) is 0.687. The van der Waals surface area contributed by atoms with E-state index in [-0.39, 0.29) is 6.04 Å². The minimum Gasteiger partial charge on any atom is -0.493 e. The van der Waals surface area contributed by atoms with Gasteiger partial charge in [0, 0.05) is 25.0 Å². The first-order chi connectivity index (χ1) is 11.7. The molecule has 0 amide bonds. The lowest BCUT2D eigenvalue weighted by Crippen LogP contribution is -2.12. The normalized spacial score (nSPS) is 19.0. The molecule has 3 heterocycles. The Hall–Kier alpha value is -2.41. The summed E-state index contributed by atoms with van der Waals surface area (Å²) in [5.41, 5.74) is 3.46. The highest BCUT2D eigenvalue weighted by Crippen LogP contribution is 2.30. The Bertz CT molecular complexity index is 854. The lowest BCUT2D eigenvalue weighted by atomic mass is 10.1. The van der Waals surface area contributed by atoms with Crippen LogP contribution in [-0.4, -0.2) is 45.0 Å². The number of ether oxygens (including phenoxy) is 2. The first-order valence-corrected chi connectivity index (χ1v) is 8.35. The number of nitrogens with zero attached hydrogens (tertiary/aromatic N) is 4. The summed E-state index contributed by atoms with van der Waals surface area (Å²) in [4.78, 5) is 1.77. The number of benzene rings is 1. The number of nitrogens with one attached hydrogen (secondary N) is 1. The van der Waals surface area contributed by atoms with E-state index in [1.54, 1.807) is 4.80 Å². The van der Waals surface area contributed by atoms with E-state index in [9.17, 15) is 0 Å². The number of H-pyrrole nitrogens is 1. The van der Waals surface area contributed by atoms with Crippen LogP contribution in [0.2, 0.25) is 0 Å². The maximum absolute atomic E-state index is 5.84. The van der Waals surface area contributed by atoms with Gasteiger partial charge in [-0.2, -0.15) is 20.1 Å². The third kappa shape index (κ3) is 2.75. The number of aryl methyl sites for hydroxylation is 1. The van der Waals surface area contributed by atoms with Crippen LogP contribution < -0.4 is 4.74 Å². The van der Waals surface area contributed by atoms with Gasteiger partial charge < -0.3 is 9.47 Å². The van der Waals surface area contributed by atoms with E-state index in [4.69, 9.17) is 9.47 Å². The Morgan fingerprint density at radius 1 is 1.17 bits per heavy atom. The van der Waals surface area contributed by atoms with Crippen molar-refractivity contribution in [2.75, 3.05) is 19.8 Å². The third-order valence-electron chi connectivity index (χ3n) is 4.33. The second kappa shape index (κ2) is 6.24. The minimum atomic E-state index is 0.180. The van der Waals surface area contributed by atoms with Gasteiger partial charge in [0.1, 0.15) is 17.1 Å². The maximum Gasteiger partial charge on any atom is 0.136 e. The number of hydrogen-bond acceptors (Lipinski definition) is 5. The molecule has 1 aliphatic rings. The topological polar surface area (TPSA) is 77.9 Å². The van der Waals surface area contributed by atoms with Gasteiger partial charge in [-0.25, -0.2) is 0 Å². The van der Waals surface area contributed by atoms with Gasteiger partial charge in [0.2, 0.25) is 0 Å². The van der Waals surface area contributed by atoms with Crippen LogP contribution in [0.1, 0.15) is 31.5 Å². The highest BCUT2D eigenvalue weighted by atomic mass is 16.5. The van der Waals surface area contributed by atoms with Gasteiger partial charge in [0.15, 0.2) is 0 Å². The van der Waals surface area contributed by atoms with Crippen molar-refractivity contribution in [2.45, 2.75) is 32.7 Å². The summed E-state index contributed by atoms with van der Waals surface area (Å²) in [5.74, 6) is 0.832. The summed E-state index contributed by atoms with van der Waals surface area (Å²) in [6.07, 6.45) is 1.74. The predicted molar refractivity (Wildman–Crippen MR) is 90.1 cm³/mol. The lowest BCUT2D eigenvalue weighted by molar-refractivity contribution is 0.107. The van der Waals surface area contributed by atoms with E-state index in [0.717, 1.165) is 46.6 Å². The molecule has 1 aromatic carbocycles. The van der Waals surface area contributed by atoms with E-state index < -0.39 is 0 Å². The zero-order valence-corrected chi connectivity index (χ0v) is 14.0. The van der Waals surface area contributed by atoms with Crippen LogP contribution in [0, 0.1) is 6.92 Å². The Labute approximate surface area is 140 Å². The summed E-state index contributed by atoms with van der Waals surface area (Å²) in [6, 6.07) is 6.13. The molecule has 4 bridgehead atoms. The molecule has 7 nitrogen and oxygen atoms in total. The second-order valence-corrected chi connectivity index (χ2v) is 6.19. The van der Waals surface area contributed by atoms with Gasteiger partial charge in [-0.15, -0.1) is 0 Å². The van der Waals surface area contributed by atoms with Crippen molar-refractivity contribution < 1.29 is 9.47 Å². The van der Waals surface area contributed by atoms with Crippen molar-refractivity contribution in [3.63, 3.8) is 0 Å². The van der Waals surface area contributed by atoms with Crippen molar-refractivity contribution in [3.05, 3.63) is 23.9 Å². The monoisotopic (exact) mass is 327 g/mol. The summed E-state index contributed by atoms with van der Waals surface area (Å²) in [5, 5.41) is 17.8. The fourth-order valence-corrected chi connectivity index (χ4v) is 2.90. The van der Waals surface area contributed by atoms with Crippen molar-refractivity contribution in [2.24, 2.45) is 0 Å². The molecule has 0 saturated heterocycles. The molecule has 4 rings (SSSR count). The highest BCUT2D eigenvalue weighted by molar-refractivity contribution is 5.93. The van der Waals surface area contributed by atoms with E-state index in [1.165, 1.54) is 0 Å². The van der Waals surface area contributed by atoms with Gasteiger partial charge in [-0.3, -0.25) is 5.10 Å². The molecule has 0 aliphatic carbocycles. The summed E-state index contributed by atoms with van der Waals surface area (Å²) in [7, 11) is 0. The molecule has 3 aromatic rings. The van der Waals surface area contributed by atoms with Gasteiger partial charge in [0.05, 0.1) is 23.9 Å². The highest BCUT2D eigenvalue weighted by Gasteiger charge is 2.18. The van der Waals surface area contributed by atoms with E-state index in [0.29, 0.717) is 19.8 Å². The Balaban J connectivity index is 1.81. The number of aromatic nitrogens is 5. The molecule has 126 valence electrons. The van der Waals surface area contributed by atoms with Crippen molar-refractivity contribution in [3.8, 4) is 17.1 Å². The van der Waals surface area contributed by atoms with E-state index in [2.05, 4.69) is 27.3 Å². The molecule has 0 spiro atoms. The fourth-order valence-electron chi connectivity index (χ4n) is 2.90. The maximum atomic E-state index is 5.84. The largest absolute Gasteiger partial charge is 0.493 e. The van der Waals surface area contributed by atoms with Crippen LogP contribution in [0.4, 0.5) is 0 Å². The molecule has 2 aromatic heterocycles. The smallest absolute Gasteiger partial charge is 0.136 e. The average molecular weight is 327 g/mol. The fraction of sp³-hybridized carbons (Fsp3) is 0.471. The average Bonchev–Trinajstić information content (AvgIpc) is 3.16. The van der Waals surface area contributed by atoms with Crippen LogP contribution in [0.3, 0.4) is 0 Å². The molecule has 0 fully saturated rings. The molecular formula is C17H21N5O2. The molecule has 7 heteroatoms. The van der Waals surface area contributed by atoms with Gasteiger partial charge in [-0.1, -0.05) is 0 Å². The molecule has 1 atom stereocenters. The summed E-state index contributed by atoms with van der Waals surface area (Å²) in [6.45, 7) is 6.10. The summed E-state index contributed by atoms with van der Waals surface area (Å²) < 4.78 is 11.5. The standard InChI is InChI=1S/C17H21N5O2/c1-11-6-9-23-7-3-8-24-13-4-5-15-14(10-13)17(19-18-15)16-12(2)20-22(11)21-16/h4-5,10-11H,3,6-9H2,1-2H3,(H,18,19). The second-order valence-electron chi connectivity index (χ2n) is 6.19. The lowest BCUT2D eigenvalue weighted by Gasteiger charge is -2.11. The zero-order valence-electron chi connectivity index (χ0n) is 14.0. The molecule has 24 heavy (non-hydrogen) atoms. The van der Waals surface area contributed by atoms with Crippen LogP contribution in [0.15, 0.2) is 18.2 Å². The van der Waals surface area contributed by atoms with Gasteiger partial charge >= 0.3 is 0 Å². The first-order valence-electron chi connectivity index (χ1n) is 8.35. The van der Waals surface area contributed by atoms with Crippen LogP contribution in [0.5, 0.6) is 5.75 Å². The SMILES string of the molecule is Cc1nn2nc1-c1n[nH]c3ccc(cc13)OCCCOCCC2C. The Morgan fingerprint density at radius 3 is 3.00 bits per heavy atom. The van der Waals surface area contributed by atoms with E-state index >= 15 is 0 Å². The molecular weight excluding hydrogens is 306 g/mol. The first kappa shape index (κ1) is 15.1. The Morgan fingerprint density at radius 2 is 2.08 bits per heavy atom. The van der Waals surface area contributed by atoms with Crippen LogP contribution in [-0.2, 0) is 4.74 Å². The van der Waals surface area contributed by atoms with Crippen molar-refractivity contribution in [1.82, 2.24) is 25.2 Å². The number of rotatable bonds is 0. The minimum absolute atomic E-state index is 0.180. The number of hydrogen-bond donors (Lipinski definition) is 1. The van der Waals surface area contributed by atoms with E-state index in [1.807, 2.05) is 25.1 Å². The Kier molecular flexibility index (Phi) is 3.93. The van der Waals surface area contributed by atoms with Crippen molar-refractivity contribution in [1.29, 1.82) is 0 Å². The van der Waals surface area contributed by atoms with Crippen LogP contribution in [0.25, 0.3) is 22.3 Å². The molecule has 1 unspecified atom stereocenters. The van der Waals surface area contributed by atoms with Crippen molar-refractivity contribution >= 4 is 10.9 Å². The number of fused-ring (bicyclic) bond motifs is 4. The molecule has 1 N–H and O–H groups in total. The zero-order chi connectivity index (χ0) is 16.5. The van der Waals surface area contributed by atoms with Gasteiger partial charge in [0.25, 0.3) is 0 Å². The number of aromatic amines is 1. The molecule has 0 saturated carbocycles. The molecule has 1 aliphatic heterocycles.